The highest BCUT2D eigenvalue weighted by atomic mass is 16.5. The van der Waals surface area contributed by atoms with E-state index in [9.17, 15) is 0 Å². The minimum absolute atomic E-state index is 0.235. The smallest absolute Gasteiger partial charge is 0.134 e. The molecule has 2 heterocycles. The fraction of sp³-hybridized carbons (Fsp3) is 0.500. The number of allylic oxidation sites excluding steroid dienone is 3. The molecule has 0 amide bonds. The standard InChI is InChI=1S/C21H35NO.C12H13N.C3H6/c1-7-10-18-11-12-20(23-18)22-14-13-19(17(6)15(4)8-2)21(22)16(5)9-3;1-3-4-6-11-7-5-8-12(9-11)10(2)13;1-3-2/h13-14,16,18,20H,7-12H2,1-6H3;5,7-9H,2-3,13H2,1H3;3H,1H2,2H3/b17-15+;;. The third-order valence-electron chi connectivity index (χ3n) is 7.26. The van der Waals surface area contributed by atoms with Crippen LogP contribution in [-0.4, -0.2) is 10.7 Å². The van der Waals surface area contributed by atoms with Crippen molar-refractivity contribution in [3.63, 3.8) is 0 Å². The molecule has 3 unspecified atom stereocenters. The lowest BCUT2D eigenvalue weighted by molar-refractivity contribution is -0.00322. The van der Waals surface area contributed by atoms with E-state index in [0.29, 0.717) is 17.7 Å². The molecule has 1 aliphatic rings. The third kappa shape index (κ3) is 10.6. The van der Waals surface area contributed by atoms with Crippen molar-refractivity contribution in [2.45, 2.75) is 119 Å². The molecule has 39 heavy (non-hydrogen) atoms. The van der Waals surface area contributed by atoms with Gasteiger partial charge in [-0.1, -0.05) is 83.2 Å². The minimum Gasteiger partial charge on any atom is -0.399 e. The molecule has 0 spiro atoms. The lowest BCUT2D eigenvalue weighted by Crippen LogP contribution is -2.15. The molecule has 0 saturated carbocycles. The van der Waals surface area contributed by atoms with Crippen molar-refractivity contribution < 1.29 is 4.74 Å². The Morgan fingerprint density at radius 2 is 1.87 bits per heavy atom. The Bertz CT molecular complexity index is 1120. The van der Waals surface area contributed by atoms with E-state index < -0.39 is 0 Å². The molecule has 2 N–H and O–H groups in total. The van der Waals surface area contributed by atoms with E-state index in [1.807, 2.05) is 38.1 Å². The Morgan fingerprint density at radius 3 is 2.44 bits per heavy atom. The van der Waals surface area contributed by atoms with Gasteiger partial charge in [0.2, 0.25) is 0 Å². The summed E-state index contributed by atoms with van der Waals surface area (Å²) in [7, 11) is 0. The van der Waals surface area contributed by atoms with Crippen LogP contribution in [0.3, 0.4) is 0 Å². The van der Waals surface area contributed by atoms with Gasteiger partial charge in [-0.25, -0.2) is 0 Å². The molecule has 1 fully saturated rings. The second-order valence-corrected chi connectivity index (χ2v) is 10.3. The van der Waals surface area contributed by atoms with Crippen LogP contribution in [-0.2, 0) is 4.74 Å². The van der Waals surface area contributed by atoms with Crippen molar-refractivity contribution in [2.75, 3.05) is 0 Å². The van der Waals surface area contributed by atoms with Gasteiger partial charge in [-0.2, -0.15) is 0 Å². The van der Waals surface area contributed by atoms with E-state index in [0.717, 1.165) is 30.4 Å². The summed E-state index contributed by atoms with van der Waals surface area (Å²) in [6, 6.07) is 10.1. The maximum Gasteiger partial charge on any atom is 0.134 e. The molecule has 214 valence electrons. The third-order valence-corrected chi connectivity index (χ3v) is 7.26. The summed E-state index contributed by atoms with van der Waals surface area (Å²) >= 11 is 0. The first-order valence-electron chi connectivity index (χ1n) is 14.8. The number of aromatic nitrogens is 1. The first-order chi connectivity index (χ1) is 18.7. The number of nitrogens with zero attached hydrogens (tertiary/aromatic N) is 1. The van der Waals surface area contributed by atoms with Crippen LogP contribution >= 0.6 is 0 Å². The monoisotopic (exact) mass is 530 g/mol. The van der Waals surface area contributed by atoms with Gasteiger partial charge in [0, 0.05) is 29.6 Å². The Balaban J connectivity index is 0.000000401. The van der Waals surface area contributed by atoms with Crippen LogP contribution in [0.25, 0.3) is 11.3 Å². The summed E-state index contributed by atoms with van der Waals surface area (Å²) in [6.07, 6.45) is 12.6. The largest absolute Gasteiger partial charge is 0.399 e. The summed E-state index contributed by atoms with van der Waals surface area (Å²) in [6.45, 7) is 24.6. The van der Waals surface area contributed by atoms with Crippen LogP contribution < -0.4 is 5.73 Å². The topological polar surface area (TPSA) is 40.2 Å². The van der Waals surface area contributed by atoms with Crippen LogP contribution in [0.15, 0.2) is 61.3 Å². The van der Waals surface area contributed by atoms with E-state index in [1.165, 1.54) is 48.1 Å². The van der Waals surface area contributed by atoms with Gasteiger partial charge in [-0.3, -0.25) is 0 Å². The fourth-order valence-electron chi connectivity index (χ4n) is 4.65. The number of ether oxygens (including phenoxy) is 1. The van der Waals surface area contributed by atoms with Gasteiger partial charge in [-0.05, 0) is 93.7 Å². The molecule has 3 nitrogen and oxygen atoms in total. The molecule has 3 rings (SSSR count). The summed E-state index contributed by atoms with van der Waals surface area (Å²) in [4.78, 5) is 0. The van der Waals surface area contributed by atoms with Crippen LogP contribution in [0, 0.1) is 11.8 Å². The van der Waals surface area contributed by atoms with E-state index in [1.54, 1.807) is 6.08 Å². The van der Waals surface area contributed by atoms with Gasteiger partial charge in [-0.15, -0.1) is 6.58 Å². The highest BCUT2D eigenvalue weighted by Crippen LogP contribution is 2.38. The zero-order chi connectivity index (χ0) is 29.4. The number of hydrogen-bond donors (Lipinski definition) is 1. The van der Waals surface area contributed by atoms with Crippen molar-refractivity contribution >= 4 is 11.3 Å². The molecule has 3 atom stereocenters. The summed E-state index contributed by atoms with van der Waals surface area (Å²) in [5.41, 5.74) is 13.9. The van der Waals surface area contributed by atoms with Crippen molar-refractivity contribution in [3.8, 4) is 11.8 Å². The summed E-state index contributed by atoms with van der Waals surface area (Å²) in [5.74, 6) is 6.62. The Labute approximate surface area is 240 Å². The van der Waals surface area contributed by atoms with Gasteiger partial charge < -0.3 is 15.0 Å². The molecule has 1 saturated heterocycles. The first kappa shape index (κ1) is 34.1. The zero-order valence-electron chi connectivity index (χ0n) is 26.1. The minimum atomic E-state index is 0.235. The van der Waals surface area contributed by atoms with E-state index in [-0.39, 0.29) is 6.23 Å². The molecular weight excluding hydrogens is 476 g/mol. The van der Waals surface area contributed by atoms with Crippen LogP contribution in [0.4, 0.5) is 0 Å². The van der Waals surface area contributed by atoms with E-state index in [4.69, 9.17) is 10.5 Å². The summed E-state index contributed by atoms with van der Waals surface area (Å²) in [5, 5.41) is 0. The van der Waals surface area contributed by atoms with Crippen LogP contribution in [0.1, 0.15) is 135 Å². The molecule has 3 heteroatoms. The quantitative estimate of drug-likeness (QED) is 0.272. The predicted molar refractivity (Wildman–Crippen MR) is 172 cm³/mol. The van der Waals surface area contributed by atoms with Crippen LogP contribution in [0.2, 0.25) is 0 Å². The van der Waals surface area contributed by atoms with E-state index >= 15 is 0 Å². The number of benzene rings is 1. The fourth-order valence-corrected chi connectivity index (χ4v) is 4.65. The Kier molecular flexibility index (Phi) is 16.0. The second-order valence-electron chi connectivity index (χ2n) is 10.3. The molecule has 0 radical (unpaired) electrons. The number of hydrogen-bond acceptors (Lipinski definition) is 2. The van der Waals surface area contributed by atoms with Crippen LogP contribution in [0.5, 0.6) is 0 Å². The normalized spacial score (nSPS) is 17.3. The first-order valence-corrected chi connectivity index (χ1v) is 14.8. The van der Waals surface area contributed by atoms with Gasteiger partial charge in [0.1, 0.15) is 6.23 Å². The highest BCUT2D eigenvalue weighted by Gasteiger charge is 2.29. The lowest BCUT2D eigenvalue weighted by Gasteiger charge is -2.22. The van der Waals surface area contributed by atoms with E-state index in [2.05, 4.69) is 83.4 Å². The number of rotatable bonds is 8. The van der Waals surface area contributed by atoms with Crippen molar-refractivity contribution in [3.05, 3.63) is 83.7 Å². The molecular formula is C36H54N2O. The zero-order valence-corrected chi connectivity index (χ0v) is 26.1. The Hall–Kier alpha value is -2.96. The predicted octanol–water partition coefficient (Wildman–Crippen LogP) is 10.3. The molecule has 1 aromatic carbocycles. The lowest BCUT2D eigenvalue weighted by atomic mass is 9.94. The summed E-state index contributed by atoms with van der Waals surface area (Å²) < 4.78 is 8.79. The average molecular weight is 531 g/mol. The second kappa shape index (κ2) is 18.3. The van der Waals surface area contributed by atoms with Gasteiger partial charge in [0.05, 0.1) is 6.10 Å². The van der Waals surface area contributed by atoms with Gasteiger partial charge in [0.25, 0.3) is 0 Å². The maximum atomic E-state index is 6.35. The molecule has 1 aromatic heterocycles. The average Bonchev–Trinajstić information content (AvgIpc) is 3.59. The molecule has 0 bridgehead atoms. The number of nitrogens with two attached hydrogens (primary N) is 1. The van der Waals surface area contributed by atoms with Crippen molar-refractivity contribution in [1.29, 1.82) is 0 Å². The molecule has 2 aromatic rings. The maximum absolute atomic E-state index is 6.35. The van der Waals surface area contributed by atoms with Crippen molar-refractivity contribution in [1.82, 2.24) is 4.57 Å². The SMILES string of the molecule is C=C(N)c1cccc(C#CCC)c1.C=CC.CCCC1CCC(n2ccc(/C(C)=C(\C)CC)c2C(C)CC)O1. The van der Waals surface area contributed by atoms with Crippen molar-refractivity contribution in [2.24, 2.45) is 5.73 Å². The molecule has 0 aliphatic carbocycles. The highest BCUT2D eigenvalue weighted by molar-refractivity contribution is 5.69. The van der Waals surface area contributed by atoms with Gasteiger partial charge >= 0.3 is 0 Å². The molecule has 1 aliphatic heterocycles. The van der Waals surface area contributed by atoms with Gasteiger partial charge in [0.15, 0.2) is 0 Å². The Morgan fingerprint density at radius 1 is 1.18 bits per heavy atom.